The average molecular weight is 251 g/mol. The van der Waals surface area contributed by atoms with Gasteiger partial charge in [-0.15, -0.1) is 0 Å². The Kier molecular flexibility index (Phi) is 2.74. The van der Waals surface area contributed by atoms with Gasteiger partial charge in [-0.05, 0) is 6.07 Å². The summed E-state index contributed by atoms with van der Waals surface area (Å²) in [5, 5.41) is 16.2. The lowest BCUT2D eigenvalue weighted by Crippen LogP contribution is -2.09. The number of nitrogens with one attached hydrogen (secondary N) is 1. The second kappa shape index (κ2) is 4.70. The smallest absolute Gasteiger partial charge is 0.182 e. The topological polar surface area (TPSA) is 91.8 Å². The van der Waals surface area contributed by atoms with Gasteiger partial charge < -0.3 is 5.32 Å². The third-order valence-electron chi connectivity index (χ3n) is 2.61. The SMILES string of the molecule is N#Cc1nccnc1NCc1ccnc2ccnn12. The molecule has 0 bridgehead atoms. The Hall–Kier alpha value is -3.01. The molecule has 3 aromatic heterocycles. The summed E-state index contributed by atoms with van der Waals surface area (Å²) in [6, 6.07) is 5.68. The Labute approximate surface area is 108 Å². The molecule has 0 atom stereocenters. The molecule has 3 aromatic rings. The number of rotatable bonds is 3. The first-order valence-electron chi connectivity index (χ1n) is 5.61. The van der Waals surface area contributed by atoms with Gasteiger partial charge in [0, 0.05) is 24.7 Å². The molecule has 19 heavy (non-hydrogen) atoms. The van der Waals surface area contributed by atoms with Crippen molar-refractivity contribution in [1.82, 2.24) is 24.6 Å². The summed E-state index contributed by atoms with van der Waals surface area (Å²) in [5.41, 5.74) is 1.97. The van der Waals surface area contributed by atoms with Crippen LogP contribution < -0.4 is 5.32 Å². The molecular weight excluding hydrogens is 242 g/mol. The van der Waals surface area contributed by atoms with E-state index in [-0.39, 0.29) is 5.69 Å². The highest BCUT2D eigenvalue weighted by molar-refractivity contribution is 5.47. The Morgan fingerprint density at radius 2 is 2.00 bits per heavy atom. The molecule has 3 rings (SSSR count). The molecule has 0 saturated carbocycles. The third kappa shape index (κ3) is 2.07. The Bertz CT molecular complexity index is 756. The zero-order valence-electron chi connectivity index (χ0n) is 9.85. The van der Waals surface area contributed by atoms with Crippen molar-refractivity contribution < 1.29 is 0 Å². The standard InChI is InChI=1S/C12H9N7/c13-7-10-12(16-6-5-14-10)17-8-9-1-3-15-11-2-4-18-19(9)11/h1-6H,8H2,(H,16,17). The van der Waals surface area contributed by atoms with E-state index in [1.807, 2.05) is 18.2 Å². The Balaban J connectivity index is 1.87. The van der Waals surface area contributed by atoms with Crippen molar-refractivity contribution in [2.75, 3.05) is 5.32 Å². The average Bonchev–Trinajstić information content (AvgIpc) is 2.94. The first-order valence-corrected chi connectivity index (χ1v) is 5.61. The molecule has 0 saturated heterocycles. The number of anilines is 1. The minimum Gasteiger partial charge on any atom is -0.362 e. The molecule has 0 aromatic carbocycles. The molecule has 1 N–H and O–H groups in total. The lowest BCUT2D eigenvalue weighted by Gasteiger charge is -2.07. The highest BCUT2D eigenvalue weighted by Gasteiger charge is 2.06. The molecule has 0 aliphatic carbocycles. The maximum absolute atomic E-state index is 8.93. The maximum atomic E-state index is 8.93. The highest BCUT2D eigenvalue weighted by atomic mass is 15.3. The molecule has 0 unspecified atom stereocenters. The summed E-state index contributed by atoms with van der Waals surface area (Å²) in [6.45, 7) is 0.480. The van der Waals surface area contributed by atoms with E-state index in [0.717, 1.165) is 11.3 Å². The van der Waals surface area contributed by atoms with Crippen molar-refractivity contribution in [3.8, 4) is 6.07 Å². The molecule has 3 heterocycles. The van der Waals surface area contributed by atoms with Gasteiger partial charge in [0.2, 0.25) is 0 Å². The fraction of sp³-hybridized carbons (Fsp3) is 0.0833. The van der Waals surface area contributed by atoms with Crippen LogP contribution in [0.1, 0.15) is 11.4 Å². The van der Waals surface area contributed by atoms with Gasteiger partial charge in [0.15, 0.2) is 17.2 Å². The molecule has 0 amide bonds. The fourth-order valence-electron chi connectivity index (χ4n) is 1.74. The van der Waals surface area contributed by atoms with Crippen molar-refractivity contribution in [3.05, 3.63) is 48.3 Å². The van der Waals surface area contributed by atoms with Crippen LogP contribution >= 0.6 is 0 Å². The quantitative estimate of drug-likeness (QED) is 0.746. The summed E-state index contributed by atoms with van der Waals surface area (Å²) in [6.07, 6.45) is 6.44. The lowest BCUT2D eigenvalue weighted by molar-refractivity contribution is 0.850. The molecular formula is C12H9N7. The first-order chi connectivity index (χ1) is 9.38. The lowest BCUT2D eigenvalue weighted by atomic mass is 10.3. The van der Waals surface area contributed by atoms with Crippen molar-refractivity contribution >= 4 is 11.5 Å². The minimum atomic E-state index is 0.272. The molecule has 7 heteroatoms. The van der Waals surface area contributed by atoms with Gasteiger partial charge in [0.1, 0.15) is 6.07 Å². The van der Waals surface area contributed by atoms with Gasteiger partial charge in [-0.25, -0.2) is 19.5 Å². The number of fused-ring (bicyclic) bond motifs is 1. The monoisotopic (exact) mass is 251 g/mol. The first kappa shape index (κ1) is 11.1. The number of aromatic nitrogens is 5. The molecule has 0 radical (unpaired) electrons. The van der Waals surface area contributed by atoms with E-state index in [1.54, 1.807) is 23.1 Å². The van der Waals surface area contributed by atoms with Crippen LogP contribution in [0.4, 0.5) is 5.82 Å². The van der Waals surface area contributed by atoms with Gasteiger partial charge in [-0.1, -0.05) is 0 Å². The summed E-state index contributed by atoms with van der Waals surface area (Å²) in [5.74, 6) is 0.460. The summed E-state index contributed by atoms with van der Waals surface area (Å²) in [7, 11) is 0. The van der Waals surface area contributed by atoms with Crippen LogP contribution in [0.5, 0.6) is 0 Å². The molecule has 0 aliphatic heterocycles. The van der Waals surface area contributed by atoms with Crippen LogP contribution in [0.15, 0.2) is 36.9 Å². The number of hydrogen-bond donors (Lipinski definition) is 1. The third-order valence-corrected chi connectivity index (χ3v) is 2.61. The fourth-order valence-corrected chi connectivity index (χ4v) is 1.74. The second-order valence-corrected chi connectivity index (χ2v) is 3.76. The molecule has 0 aliphatic rings. The van der Waals surface area contributed by atoms with Crippen LogP contribution in [0, 0.1) is 11.3 Å². The van der Waals surface area contributed by atoms with E-state index in [0.29, 0.717) is 12.4 Å². The van der Waals surface area contributed by atoms with Gasteiger partial charge in [0.25, 0.3) is 0 Å². The van der Waals surface area contributed by atoms with Gasteiger partial charge in [-0.2, -0.15) is 10.4 Å². The highest BCUT2D eigenvalue weighted by Crippen LogP contribution is 2.09. The Morgan fingerprint density at radius 1 is 1.11 bits per heavy atom. The van der Waals surface area contributed by atoms with Gasteiger partial charge >= 0.3 is 0 Å². The van der Waals surface area contributed by atoms with Gasteiger partial charge in [-0.3, -0.25) is 0 Å². The van der Waals surface area contributed by atoms with Crippen molar-refractivity contribution in [2.24, 2.45) is 0 Å². The van der Waals surface area contributed by atoms with Crippen LogP contribution in [0.3, 0.4) is 0 Å². The molecule has 0 spiro atoms. The van der Waals surface area contributed by atoms with Gasteiger partial charge in [0.05, 0.1) is 18.4 Å². The predicted octanol–water partition coefficient (Wildman–Crippen LogP) is 1.00. The minimum absolute atomic E-state index is 0.272. The largest absolute Gasteiger partial charge is 0.362 e. The maximum Gasteiger partial charge on any atom is 0.182 e. The molecule has 0 fully saturated rings. The predicted molar refractivity (Wildman–Crippen MR) is 67.1 cm³/mol. The number of nitriles is 1. The summed E-state index contributed by atoms with van der Waals surface area (Å²) >= 11 is 0. The zero-order valence-corrected chi connectivity index (χ0v) is 9.85. The van der Waals surface area contributed by atoms with E-state index in [9.17, 15) is 0 Å². The normalized spacial score (nSPS) is 10.3. The van der Waals surface area contributed by atoms with Crippen LogP contribution in [-0.4, -0.2) is 24.6 Å². The summed E-state index contributed by atoms with van der Waals surface area (Å²) in [4.78, 5) is 12.2. The van der Waals surface area contributed by atoms with E-state index < -0.39 is 0 Å². The van der Waals surface area contributed by atoms with Crippen LogP contribution in [0.2, 0.25) is 0 Å². The van der Waals surface area contributed by atoms with E-state index in [4.69, 9.17) is 5.26 Å². The van der Waals surface area contributed by atoms with Crippen LogP contribution in [-0.2, 0) is 6.54 Å². The second-order valence-electron chi connectivity index (χ2n) is 3.76. The zero-order chi connectivity index (χ0) is 13.1. The van der Waals surface area contributed by atoms with E-state index in [1.165, 1.54) is 6.20 Å². The summed E-state index contributed by atoms with van der Waals surface area (Å²) < 4.78 is 1.73. The van der Waals surface area contributed by atoms with Crippen molar-refractivity contribution in [2.45, 2.75) is 6.54 Å². The van der Waals surface area contributed by atoms with E-state index >= 15 is 0 Å². The van der Waals surface area contributed by atoms with Crippen LogP contribution in [0.25, 0.3) is 5.65 Å². The number of nitrogens with zero attached hydrogens (tertiary/aromatic N) is 6. The number of hydrogen-bond acceptors (Lipinski definition) is 6. The van der Waals surface area contributed by atoms with Crippen molar-refractivity contribution in [3.63, 3.8) is 0 Å². The van der Waals surface area contributed by atoms with Crippen molar-refractivity contribution in [1.29, 1.82) is 5.26 Å². The molecule has 92 valence electrons. The Morgan fingerprint density at radius 3 is 2.89 bits per heavy atom. The molecule has 7 nitrogen and oxygen atoms in total. The van der Waals surface area contributed by atoms with E-state index in [2.05, 4.69) is 25.4 Å².